The van der Waals surface area contributed by atoms with Crippen molar-refractivity contribution in [2.45, 2.75) is 19.4 Å². The molecule has 4 nitrogen and oxygen atoms in total. The molecule has 0 spiro atoms. The van der Waals surface area contributed by atoms with Crippen molar-refractivity contribution in [1.29, 1.82) is 0 Å². The van der Waals surface area contributed by atoms with E-state index in [2.05, 4.69) is 28.2 Å². The van der Waals surface area contributed by atoms with Crippen LogP contribution in [0.15, 0.2) is 0 Å². The number of nitrogens with one attached hydrogen (secondary N) is 1. The summed E-state index contributed by atoms with van der Waals surface area (Å²) in [6.07, 6.45) is 1.14. The van der Waals surface area contributed by atoms with E-state index >= 15 is 0 Å². The molecule has 1 atom stereocenters. The Balaban J connectivity index is 2.98. The van der Waals surface area contributed by atoms with Crippen LogP contribution in [0, 0.1) is 0 Å². The molecular weight excluding hydrogens is 274 g/mol. The lowest BCUT2D eigenvalue weighted by molar-refractivity contribution is 0.0253. The van der Waals surface area contributed by atoms with Crippen molar-refractivity contribution in [3.05, 3.63) is 0 Å². The predicted octanol–water partition coefficient (Wildman–Crippen LogP) is 1.43. The maximum atomic E-state index is 5.40. The van der Waals surface area contributed by atoms with Crippen molar-refractivity contribution in [1.82, 2.24) is 5.32 Å². The number of hydrogen-bond donors (Lipinski definition) is 1. The first-order valence-corrected chi connectivity index (χ1v) is 6.87. The van der Waals surface area contributed by atoms with E-state index in [9.17, 15) is 0 Å². The molecule has 98 valence electrons. The minimum atomic E-state index is 0.543. The molecule has 1 N–H and O–H groups in total. The molecule has 0 aliphatic heterocycles. The van der Waals surface area contributed by atoms with Crippen molar-refractivity contribution in [3.63, 3.8) is 0 Å². The second-order valence-corrected chi connectivity index (χ2v) is 4.34. The van der Waals surface area contributed by atoms with Crippen LogP contribution in [0.4, 0.5) is 0 Å². The standard InChI is InChI=1S/C11H24BrNO3/c1-11(3-4-12)13-5-6-15-9-10-16-8-7-14-2/h11,13H,3-10H2,1-2H3. The zero-order chi connectivity index (χ0) is 12.1. The summed E-state index contributed by atoms with van der Waals surface area (Å²) in [4.78, 5) is 0. The molecule has 0 aromatic heterocycles. The zero-order valence-corrected chi connectivity index (χ0v) is 11.9. The van der Waals surface area contributed by atoms with E-state index in [1.54, 1.807) is 7.11 Å². The Bertz CT molecular complexity index is 138. The van der Waals surface area contributed by atoms with Gasteiger partial charge in [0.25, 0.3) is 0 Å². The van der Waals surface area contributed by atoms with Gasteiger partial charge in [-0.2, -0.15) is 0 Å². The van der Waals surface area contributed by atoms with Crippen LogP contribution in [0.3, 0.4) is 0 Å². The van der Waals surface area contributed by atoms with Crippen LogP contribution in [0.2, 0.25) is 0 Å². The van der Waals surface area contributed by atoms with Gasteiger partial charge in [-0.3, -0.25) is 0 Å². The first kappa shape index (κ1) is 16.3. The van der Waals surface area contributed by atoms with E-state index < -0.39 is 0 Å². The number of rotatable bonds is 12. The van der Waals surface area contributed by atoms with E-state index in [1.165, 1.54) is 0 Å². The molecule has 0 bridgehead atoms. The van der Waals surface area contributed by atoms with Gasteiger partial charge in [0.15, 0.2) is 0 Å². The van der Waals surface area contributed by atoms with E-state index in [4.69, 9.17) is 14.2 Å². The van der Waals surface area contributed by atoms with Gasteiger partial charge in [-0.05, 0) is 13.3 Å². The van der Waals surface area contributed by atoms with Crippen molar-refractivity contribution in [3.8, 4) is 0 Å². The molecule has 0 saturated heterocycles. The van der Waals surface area contributed by atoms with Crippen LogP contribution >= 0.6 is 15.9 Å². The monoisotopic (exact) mass is 297 g/mol. The van der Waals surface area contributed by atoms with Gasteiger partial charge in [-0.25, -0.2) is 0 Å². The molecule has 16 heavy (non-hydrogen) atoms. The Labute approximate surface area is 107 Å². The Morgan fingerprint density at radius 3 is 2.31 bits per heavy atom. The van der Waals surface area contributed by atoms with E-state index in [0.717, 1.165) is 24.9 Å². The van der Waals surface area contributed by atoms with Crippen LogP contribution < -0.4 is 5.32 Å². The summed E-state index contributed by atoms with van der Waals surface area (Å²) in [7, 11) is 1.67. The molecular formula is C11H24BrNO3. The average molecular weight is 298 g/mol. The second-order valence-electron chi connectivity index (χ2n) is 3.55. The lowest BCUT2D eigenvalue weighted by atomic mass is 10.3. The van der Waals surface area contributed by atoms with Gasteiger partial charge in [-0.15, -0.1) is 0 Å². The Morgan fingerprint density at radius 1 is 1.06 bits per heavy atom. The van der Waals surface area contributed by atoms with Gasteiger partial charge in [0, 0.05) is 25.0 Å². The van der Waals surface area contributed by atoms with E-state index in [0.29, 0.717) is 32.5 Å². The molecule has 0 fully saturated rings. The molecule has 0 radical (unpaired) electrons. The maximum Gasteiger partial charge on any atom is 0.0701 e. The summed E-state index contributed by atoms with van der Waals surface area (Å²) in [6.45, 7) is 6.38. The molecule has 0 saturated carbocycles. The smallest absolute Gasteiger partial charge is 0.0701 e. The summed E-state index contributed by atoms with van der Waals surface area (Å²) in [5, 5.41) is 4.42. The highest BCUT2D eigenvalue weighted by atomic mass is 79.9. The molecule has 0 heterocycles. The van der Waals surface area contributed by atoms with Crippen LogP contribution in [0.5, 0.6) is 0 Å². The normalized spacial score (nSPS) is 12.9. The molecule has 0 aliphatic carbocycles. The summed E-state index contributed by atoms with van der Waals surface area (Å²) >= 11 is 3.42. The molecule has 0 aromatic rings. The third-order valence-electron chi connectivity index (χ3n) is 2.09. The minimum absolute atomic E-state index is 0.543. The SMILES string of the molecule is COCCOCCOCCNC(C)CCBr. The number of halogens is 1. The number of methoxy groups -OCH3 is 1. The first-order valence-electron chi connectivity index (χ1n) is 5.75. The average Bonchev–Trinajstić information content (AvgIpc) is 2.27. The van der Waals surface area contributed by atoms with E-state index in [1.807, 2.05) is 0 Å². The van der Waals surface area contributed by atoms with E-state index in [-0.39, 0.29) is 0 Å². The van der Waals surface area contributed by atoms with Gasteiger partial charge in [0.2, 0.25) is 0 Å². The lowest BCUT2D eigenvalue weighted by Gasteiger charge is -2.12. The van der Waals surface area contributed by atoms with Crippen molar-refractivity contribution >= 4 is 15.9 Å². The molecule has 1 unspecified atom stereocenters. The fraction of sp³-hybridized carbons (Fsp3) is 1.00. The summed E-state index contributed by atoms with van der Waals surface area (Å²) in [5.74, 6) is 0. The highest BCUT2D eigenvalue weighted by Gasteiger charge is 1.98. The largest absolute Gasteiger partial charge is 0.382 e. The molecule has 0 amide bonds. The van der Waals surface area contributed by atoms with Gasteiger partial charge < -0.3 is 19.5 Å². The van der Waals surface area contributed by atoms with Crippen molar-refractivity contribution in [2.75, 3.05) is 52.0 Å². The topological polar surface area (TPSA) is 39.7 Å². The molecule has 0 aliphatic rings. The molecule has 5 heteroatoms. The van der Waals surface area contributed by atoms with Gasteiger partial charge in [0.05, 0.1) is 33.0 Å². The van der Waals surface area contributed by atoms with Gasteiger partial charge in [0.1, 0.15) is 0 Å². The lowest BCUT2D eigenvalue weighted by Crippen LogP contribution is -2.30. The molecule has 0 rings (SSSR count). The van der Waals surface area contributed by atoms with Gasteiger partial charge >= 0.3 is 0 Å². The zero-order valence-electron chi connectivity index (χ0n) is 10.3. The summed E-state index contributed by atoms with van der Waals surface area (Å²) in [6, 6.07) is 0.543. The number of hydrogen-bond acceptors (Lipinski definition) is 4. The minimum Gasteiger partial charge on any atom is -0.382 e. The van der Waals surface area contributed by atoms with Crippen LogP contribution in [0.1, 0.15) is 13.3 Å². The van der Waals surface area contributed by atoms with Crippen molar-refractivity contribution in [2.24, 2.45) is 0 Å². The Morgan fingerprint density at radius 2 is 1.69 bits per heavy atom. The van der Waals surface area contributed by atoms with Crippen LogP contribution in [-0.4, -0.2) is 58.1 Å². The fourth-order valence-corrected chi connectivity index (χ4v) is 1.79. The highest BCUT2D eigenvalue weighted by Crippen LogP contribution is 1.93. The molecule has 0 aromatic carbocycles. The van der Waals surface area contributed by atoms with Gasteiger partial charge in [-0.1, -0.05) is 15.9 Å². The second kappa shape index (κ2) is 13.4. The Kier molecular flexibility index (Phi) is 13.7. The summed E-state index contributed by atoms with van der Waals surface area (Å²) in [5.41, 5.74) is 0. The third kappa shape index (κ3) is 12.4. The maximum absolute atomic E-state index is 5.40. The quantitative estimate of drug-likeness (QED) is 0.437. The number of ether oxygens (including phenoxy) is 3. The number of alkyl halides is 1. The summed E-state index contributed by atoms with van der Waals surface area (Å²) < 4.78 is 15.5. The fourth-order valence-electron chi connectivity index (χ4n) is 1.11. The van der Waals surface area contributed by atoms with Crippen LogP contribution in [-0.2, 0) is 14.2 Å². The van der Waals surface area contributed by atoms with Crippen molar-refractivity contribution < 1.29 is 14.2 Å². The predicted molar refractivity (Wildman–Crippen MR) is 69.4 cm³/mol. The highest BCUT2D eigenvalue weighted by molar-refractivity contribution is 9.09. The van der Waals surface area contributed by atoms with Crippen LogP contribution in [0.25, 0.3) is 0 Å². The Hall–Kier alpha value is 0.320. The first-order chi connectivity index (χ1) is 7.81. The third-order valence-corrected chi connectivity index (χ3v) is 2.54.